The van der Waals surface area contributed by atoms with Gasteiger partial charge in [-0.2, -0.15) is 0 Å². The Bertz CT molecular complexity index is 667. The molecule has 3 rings (SSSR count). The minimum absolute atomic E-state index is 0.279. The number of para-hydroxylation sites is 1. The van der Waals surface area contributed by atoms with E-state index in [4.69, 9.17) is 28.6 Å². The quantitative estimate of drug-likeness (QED) is 0.593. The van der Waals surface area contributed by atoms with E-state index < -0.39 is 0 Å². The van der Waals surface area contributed by atoms with Gasteiger partial charge in [-0.15, -0.1) is 0 Å². The number of anilines is 2. The van der Waals surface area contributed by atoms with Gasteiger partial charge in [0.2, 0.25) is 0 Å². The zero-order chi connectivity index (χ0) is 14.8. The maximum Gasteiger partial charge on any atom is 0.142 e. The number of halogens is 2. The molecule has 108 valence electrons. The number of nitrogens with zero attached hydrogens (tertiary/aromatic N) is 1. The summed E-state index contributed by atoms with van der Waals surface area (Å²) in [5.74, 6) is 0.831. The van der Waals surface area contributed by atoms with Gasteiger partial charge < -0.3 is 10.7 Å². The zero-order valence-corrected chi connectivity index (χ0v) is 12.9. The van der Waals surface area contributed by atoms with Crippen molar-refractivity contribution in [1.29, 1.82) is 5.41 Å². The van der Waals surface area contributed by atoms with Gasteiger partial charge >= 0.3 is 0 Å². The summed E-state index contributed by atoms with van der Waals surface area (Å²) < 4.78 is 0. The number of aromatic nitrogens is 1. The Balaban J connectivity index is 1.99. The third-order valence-corrected chi connectivity index (χ3v) is 4.25. The topological polar surface area (TPSA) is 48.8 Å². The predicted molar refractivity (Wildman–Crippen MR) is 88.2 cm³/mol. The van der Waals surface area contributed by atoms with E-state index in [1.807, 2.05) is 30.3 Å². The second kappa shape index (κ2) is 6.04. The molecule has 1 aromatic carbocycles. The van der Waals surface area contributed by atoms with Crippen LogP contribution in [-0.2, 0) is 0 Å². The van der Waals surface area contributed by atoms with Gasteiger partial charge in [-0.25, -0.2) is 4.98 Å². The summed E-state index contributed by atoms with van der Waals surface area (Å²) in [7, 11) is 0. The van der Waals surface area contributed by atoms with Gasteiger partial charge in [0, 0.05) is 17.3 Å². The molecule has 5 heteroatoms. The summed E-state index contributed by atoms with van der Waals surface area (Å²) in [5.41, 5.74) is 2.11. The molecule has 0 radical (unpaired) electrons. The van der Waals surface area contributed by atoms with Crippen LogP contribution in [0.3, 0.4) is 0 Å². The average Bonchev–Trinajstić information content (AvgIpc) is 2.36. The number of hydrogen-bond donors (Lipinski definition) is 2. The smallest absolute Gasteiger partial charge is 0.142 e. The molecule has 2 N–H and O–H groups in total. The minimum Gasteiger partial charge on any atom is -0.340 e. The van der Waals surface area contributed by atoms with Crippen LogP contribution >= 0.6 is 23.2 Å². The maximum atomic E-state index is 8.40. The maximum absolute atomic E-state index is 8.40. The van der Waals surface area contributed by atoms with Crippen molar-refractivity contribution in [3.8, 4) is 0 Å². The molecular weight excluding hydrogens is 305 g/mol. The van der Waals surface area contributed by atoms with Crippen molar-refractivity contribution in [2.45, 2.75) is 19.3 Å². The Morgan fingerprint density at radius 3 is 2.52 bits per heavy atom. The normalized spacial score (nSPS) is 14.6. The first-order valence-electron chi connectivity index (χ1n) is 6.92. The van der Waals surface area contributed by atoms with Gasteiger partial charge in [-0.05, 0) is 31.0 Å². The van der Waals surface area contributed by atoms with Gasteiger partial charge in [0.1, 0.15) is 11.0 Å². The first kappa shape index (κ1) is 14.4. The van der Waals surface area contributed by atoms with Crippen molar-refractivity contribution in [3.63, 3.8) is 0 Å². The fourth-order valence-corrected chi connectivity index (χ4v) is 2.93. The second-order valence-electron chi connectivity index (χ2n) is 5.18. The lowest BCUT2D eigenvalue weighted by Gasteiger charge is -2.27. The highest BCUT2D eigenvalue weighted by Gasteiger charge is 2.27. The molecular formula is C16H15Cl2N3. The molecule has 1 aliphatic carbocycles. The molecule has 1 saturated carbocycles. The molecule has 1 fully saturated rings. The van der Waals surface area contributed by atoms with Crippen LogP contribution in [0.25, 0.3) is 0 Å². The van der Waals surface area contributed by atoms with Crippen molar-refractivity contribution in [3.05, 3.63) is 52.1 Å². The summed E-state index contributed by atoms with van der Waals surface area (Å²) in [6.45, 7) is 0. The monoisotopic (exact) mass is 319 g/mol. The van der Waals surface area contributed by atoms with E-state index in [0.717, 1.165) is 18.5 Å². The standard InChI is InChI=1S/C16H15Cl2N3/c17-12-9-13(18)21-16(20-11-7-2-1-3-8-11)14(12)15(19)10-5-4-6-10/h1-3,7-10,19H,4-6H2,(H,20,21). The van der Waals surface area contributed by atoms with Crippen LogP contribution in [0.1, 0.15) is 24.8 Å². The summed E-state index contributed by atoms with van der Waals surface area (Å²) in [4.78, 5) is 4.32. The molecule has 2 aromatic rings. The first-order chi connectivity index (χ1) is 10.1. The van der Waals surface area contributed by atoms with E-state index in [-0.39, 0.29) is 5.92 Å². The van der Waals surface area contributed by atoms with Crippen molar-refractivity contribution in [2.75, 3.05) is 5.32 Å². The molecule has 0 amide bonds. The molecule has 0 unspecified atom stereocenters. The first-order valence-corrected chi connectivity index (χ1v) is 7.67. The molecule has 21 heavy (non-hydrogen) atoms. The lowest BCUT2D eigenvalue weighted by atomic mass is 9.79. The minimum atomic E-state index is 0.279. The third-order valence-electron chi connectivity index (χ3n) is 3.76. The zero-order valence-electron chi connectivity index (χ0n) is 11.4. The van der Waals surface area contributed by atoms with Gasteiger partial charge in [-0.3, -0.25) is 0 Å². The number of rotatable bonds is 4. The summed E-state index contributed by atoms with van der Waals surface area (Å²) in [6, 6.07) is 11.3. The van der Waals surface area contributed by atoms with Gasteiger partial charge in [0.15, 0.2) is 0 Å². The molecule has 0 saturated heterocycles. The van der Waals surface area contributed by atoms with E-state index in [2.05, 4.69) is 10.3 Å². The highest BCUT2D eigenvalue weighted by atomic mass is 35.5. The highest BCUT2D eigenvalue weighted by Crippen LogP contribution is 2.36. The van der Waals surface area contributed by atoms with E-state index in [0.29, 0.717) is 27.3 Å². The number of nitrogens with one attached hydrogen (secondary N) is 2. The fraction of sp³-hybridized carbons (Fsp3) is 0.250. The number of pyridine rings is 1. The fourth-order valence-electron chi connectivity index (χ4n) is 2.39. The molecule has 3 nitrogen and oxygen atoms in total. The summed E-state index contributed by atoms with van der Waals surface area (Å²) >= 11 is 12.3. The van der Waals surface area contributed by atoms with Crippen LogP contribution in [-0.4, -0.2) is 10.7 Å². The van der Waals surface area contributed by atoms with Crippen LogP contribution < -0.4 is 5.32 Å². The molecule has 0 atom stereocenters. The van der Waals surface area contributed by atoms with E-state index in [1.54, 1.807) is 6.07 Å². The molecule has 1 aromatic heterocycles. The highest BCUT2D eigenvalue weighted by molar-refractivity contribution is 6.37. The second-order valence-corrected chi connectivity index (χ2v) is 5.98. The Labute approximate surface area is 133 Å². The molecule has 0 aliphatic heterocycles. The summed E-state index contributed by atoms with van der Waals surface area (Å²) in [6.07, 6.45) is 3.26. The van der Waals surface area contributed by atoms with Crippen molar-refractivity contribution in [2.24, 2.45) is 5.92 Å². The van der Waals surface area contributed by atoms with Gasteiger partial charge in [0.05, 0.1) is 10.6 Å². The summed E-state index contributed by atoms with van der Waals surface area (Å²) in [5, 5.41) is 12.4. The van der Waals surface area contributed by atoms with Gasteiger partial charge in [0.25, 0.3) is 0 Å². The van der Waals surface area contributed by atoms with Crippen LogP contribution in [0.5, 0.6) is 0 Å². The molecule has 1 heterocycles. The molecule has 1 aliphatic rings. The Hall–Kier alpha value is -1.58. The Kier molecular flexibility index (Phi) is 4.13. The van der Waals surface area contributed by atoms with E-state index in [9.17, 15) is 0 Å². The van der Waals surface area contributed by atoms with Crippen molar-refractivity contribution < 1.29 is 0 Å². The SMILES string of the molecule is N=C(c1c(Cl)cc(Cl)nc1Nc1ccccc1)C1CCC1. The van der Waals surface area contributed by atoms with Crippen LogP contribution in [0.15, 0.2) is 36.4 Å². The Morgan fingerprint density at radius 2 is 1.90 bits per heavy atom. The van der Waals surface area contributed by atoms with E-state index in [1.165, 1.54) is 6.42 Å². The lowest BCUT2D eigenvalue weighted by molar-refractivity contribution is 0.412. The van der Waals surface area contributed by atoms with E-state index >= 15 is 0 Å². The predicted octanol–water partition coefficient (Wildman–Crippen LogP) is 5.30. The largest absolute Gasteiger partial charge is 0.340 e. The van der Waals surface area contributed by atoms with Crippen LogP contribution in [0, 0.1) is 11.3 Å². The van der Waals surface area contributed by atoms with Crippen LogP contribution in [0.2, 0.25) is 10.2 Å². The van der Waals surface area contributed by atoms with Gasteiger partial charge in [-0.1, -0.05) is 47.8 Å². The lowest BCUT2D eigenvalue weighted by Crippen LogP contribution is -2.23. The number of hydrogen-bond acceptors (Lipinski definition) is 3. The average molecular weight is 320 g/mol. The van der Waals surface area contributed by atoms with Crippen molar-refractivity contribution >= 4 is 40.4 Å². The molecule has 0 bridgehead atoms. The molecule has 0 spiro atoms. The third kappa shape index (κ3) is 3.04. The van der Waals surface area contributed by atoms with Crippen LogP contribution in [0.4, 0.5) is 11.5 Å². The number of benzene rings is 1. The Morgan fingerprint density at radius 1 is 1.19 bits per heavy atom. The van der Waals surface area contributed by atoms with Crippen molar-refractivity contribution in [1.82, 2.24) is 4.98 Å².